The Bertz CT molecular complexity index is 1370. The zero-order chi connectivity index (χ0) is 25.3. The van der Waals surface area contributed by atoms with Gasteiger partial charge in [-0.15, -0.1) is 16.4 Å². The van der Waals surface area contributed by atoms with Gasteiger partial charge in [0.25, 0.3) is 5.91 Å². The van der Waals surface area contributed by atoms with Crippen LogP contribution in [0.1, 0.15) is 35.5 Å². The van der Waals surface area contributed by atoms with Gasteiger partial charge in [0.15, 0.2) is 5.82 Å². The summed E-state index contributed by atoms with van der Waals surface area (Å²) in [6.45, 7) is 2.78. The molecule has 0 saturated heterocycles. The van der Waals surface area contributed by atoms with Crippen LogP contribution in [-0.4, -0.2) is 42.7 Å². The highest BCUT2D eigenvalue weighted by molar-refractivity contribution is 7.20. The summed E-state index contributed by atoms with van der Waals surface area (Å²) < 4.78 is 31.2. The van der Waals surface area contributed by atoms with Gasteiger partial charge in [-0.1, -0.05) is 11.3 Å². The minimum atomic E-state index is -1.43. The first kappa shape index (κ1) is 24.4. The van der Waals surface area contributed by atoms with Crippen LogP contribution in [-0.2, 0) is 12.0 Å². The molecule has 12 heteroatoms. The molecule has 1 aromatic carbocycles. The Morgan fingerprint density at radius 2 is 1.94 bits per heavy atom. The second-order valence-corrected chi connectivity index (χ2v) is 9.28. The number of aliphatic hydroxyl groups excluding tert-OH is 1. The van der Waals surface area contributed by atoms with Gasteiger partial charge < -0.3 is 21.3 Å². The number of hydrogen-bond donors (Lipinski definition) is 4. The number of hydrogen-bond acceptors (Lipinski definition) is 8. The first-order chi connectivity index (χ1) is 16.6. The van der Waals surface area contributed by atoms with E-state index >= 15 is 0 Å². The average molecular weight is 501 g/mol. The minimum Gasteiger partial charge on any atom is -0.396 e. The highest BCUT2D eigenvalue weighted by Crippen LogP contribution is 2.40. The molecule has 0 atom stereocenters. The van der Waals surface area contributed by atoms with Gasteiger partial charge in [-0.25, -0.2) is 18.4 Å². The Hall–Kier alpha value is -3.74. The number of thiophene rings is 1. The predicted molar refractivity (Wildman–Crippen MR) is 127 cm³/mol. The molecule has 3 aromatic heterocycles. The lowest BCUT2D eigenvalue weighted by molar-refractivity contribution is 0.0778. The van der Waals surface area contributed by atoms with Crippen LogP contribution in [0.25, 0.3) is 16.3 Å². The molecule has 0 saturated carbocycles. The number of rotatable bonds is 8. The van der Waals surface area contributed by atoms with E-state index in [1.165, 1.54) is 24.6 Å². The van der Waals surface area contributed by atoms with Crippen molar-refractivity contribution < 1.29 is 23.8 Å². The van der Waals surface area contributed by atoms with Gasteiger partial charge in [0.05, 0.1) is 28.6 Å². The summed E-state index contributed by atoms with van der Waals surface area (Å²) in [7, 11) is 0. The number of carbonyl (C=O) groups is 1. The van der Waals surface area contributed by atoms with Crippen molar-refractivity contribution >= 4 is 28.1 Å². The maximum absolute atomic E-state index is 14.9. The fourth-order valence-electron chi connectivity index (χ4n) is 3.33. The van der Waals surface area contributed by atoms with E-state index < -0.39 is 23.1 Å². The van der Waals surface area contributed by atoms with Crippen LogP contribution in [0, 0.1) is 11.6 Å². The highest BCUT2D eigenvalue weighted by atomic mass is 32.1. The van der Waals surface area contributed by atoms with E-state index in [1.807, 2.05) is 0 Å². The second-order valence-electron chi connectivity index (χ2n) is 8.23. The first-order valence-electron chi connectivity index (χ1n) is 10.5. The van der Waals surface area contributed by atoms with Crippen molar-refractivity contribution in [1.29, 1.82) is 0 Å². The van der Waals surface area contributed by atoms with Crippen LogP contribution in [0.2, 0.25) is 0 Å². The van der Waals surface area contributed by atoms with Crippen LogP contribution in [0.15, 0.2) is 42.6 Å². The molecule has 182 valence electrons. The number of nitrogens with two attached hydrogens (primary N) is 1. The van der Waals surface area contributed by atoms with Gasteiger partial charge in [-0.3, -0.25) is 4.79 Å². The van der Waals surface area contributed by atoms with E-state index in [-0.39, 0.29) is 33.2 Å². The summed E-state index contributed by atoms with van der Waals surface area (Å²) in [5.41, 5.74) is 4.45. The number of nitrogens with one attached hydrogen (secondary N) is 1. The molecule has 4 aromatic rings. The molecule has 0 aliphatic rings. The zero-order valence-electron chi connectivity index (χ0n) is 18.8. The van der Waals surface area contributed by atoms with Crippen molar-refractivity contribution in [2.24, 2.45) is 5.73 Å². The van der Waals surface area contributed by atoms with Crippen LogP contribution in [0.4, 0.5) is 19.6 Å². The SMILES string of the molecule is CC(C)(O)c1cc(F)c(-c2cc(C(N)=O)c(Nc3cccc(-n4cc(CCO)nn4)n3)s2)c(F)c1. The fraction of sp³-hybridized carbons (Fsp3) is 0.217. The predicted octanol–water partition coefficient (Wildman–Crippen LogP) is 3.27. The normalized spacial score (nSPS) is 11.6. The Kier molecular flexibility index (Phi) is 6.61. The third-order valence-corrected chi connectivity index (χ3v) is 6.18. The smallest absolute Gasteiger partial charge is 0.251 e. The summed E-state index contributed by atoms with van der Waals surface area (Å²) in [4.78, 5) is 16.6. The number of benzene rings is 1. The van der Waals surface area contributed by atoms with Gasteiger partial charge in [0, 0.05) is 17.9 Å². The molecule has 0 radical (unpaired) electrons. The molecule has 0 aliphatic heterocycles. The van der Waals surface area contributed by atoms with Crippen molar-refractivity contribution in [2.45, 2.75) is 25.9 Å². The number of aromatic nitrogens is 4. The molecular weight excluding hydrogens is 478 g/mol. The molecule has 0 spiro atoms. The Morgan fingerprint density at radius 1 is 1.23 bits per heavy atom. The zero-order valence-corrected chi connectivity index (χ0v) is 19.6. The Labute approximate surface area is 202 Å². The number of amides is 1. The van der Waals surface area contributed by atoms with E-state index in [0.717, 1.165) is 23.5 Å². The Balaban J connectivity index is 1.69. The average Bonchev–Trinajstić information content (AvgIpc) is 3.41. The molecule has 4 rings (SSSR count). The highest BCUT2D eigenvalue weighted by Gasteiger charge is 2.24. The standard InChI is InChI=1S/C23H22F2N6O3S/c1-23(2,34)12-8-15(24)20(16(25)9-12)17-10-14(21(26)33)22(35-17)28-18-4-3-5-19(27-18)31-11-13(6-7-32)29-30-31/h3-5,8-11,32,34H,6-7H2,1-2H3,(H2,26,33)(H,27,28). The number of aliphatic hydroxyl groups is 2. The van der Waals surface area contributed by atoms with Gasteiger partial charge >= 0.3 is 0 Å². The molecule has 3 heterocycles. The monoisotopic (exact) mass is 500 g/mol. The van der Waals surface area contributed by atoms with Crippen LogP contribution >= 0.6 is 11.3 Å². The van der Waals surface area contributed by atoms with Gasteiger partial charge in [0.2, 0.25) is 0 Å². The van der Waals surface area contributed by atoms with E-state index in [1.54, 1.807) is 24.4 Å². The van der Waals surface area contributed by atoms with Crippen molar-refractivity contribution in [2.75, 3.05) is 11.9 Å². The lowest BCUT2D eigenvalue weighted by atomic mass is 9.96. The number of anilines is 2. The van der Waals surface area contributed by atoms with E-state index in [0.29, 0.717) is 23.8 Å². The summed E-state index contributed by atoms with van der Waals surface area (Å²) >= 11 is 0.933. The molecule has 5 N–H and O–H groups in total. The molecule has 35 heavy (non-hydrogen) atoms. The second kappa shape index (κ2) is 9.49. The van der Waals surface area contributed by atoms with E-state index in [9.17, 15) is 18.7 Å². The first-order valence-corrected chi connectivity index (χ1v) is 11.3. The number of nitrogens with zero attached hydrogens (tertiary/aromatic N) is 4. The van der Waals surface area contributed by atoms with Gasteiger partial charge in [-0.05, 0) is 49.7 Å². The molecular formula is C23H22F2N6O3S. The third kappa shape index (κ3) is 5.19. The number of pyridine rings is 1. The fourth-order valence-corrected chi connectivity index (χ4v) is 4.45. The number of halogens is 2. The third-order valence-electron chi connectivity index (χ3n) is 5.11. The van der Waals surface area contributed by atoms with Crippen molar-refractivity contribution in [3.8, 4) is 16.3 Å². The molecule has 0 bridgehead atoms. The van der Waals surface area contributed by atoms with Crippen LogP contribution < -0.4 is 11.1 Å². The minimum absolute atomic E-state index is 0.0357. The summed E-state index contributed by atoms with van der Waals surface area (Å²) in [5.74, 6) is -1.80. The van der Waals surface area contributed by atoms with Gasteiger partial charge in [0.1, 0.15) is 22.5 Å². The molecule has 1 amide bonds. The Morgan fingerprint density at radius 3 is 2.57 bits per heavy atom. The van der Waals surface area contributed by atoms with Crippen molar-refractivity contribution in [3.63, 3.8) is 0 Å². The van der Waals surface area contributed by atoms with E-state index in [4.69, 9.17) is 10.8 Å². The molecule has 0 unspecified atom stereocenters. The molecule has 0 aliphatic carbocycles. The molecule has 9 nitrogen and oxygen atoms in total. The van der Waals surface area contributed by atoms with Gasteiger partial charge in [-0.2, -0.15) is 0 Å². The van der Waals surface area contributed by atoms with E-state index in [2.05, 4.69) is 20.6 Å². The number of carbonyl (C=O) groups excluding carboxylic acids is 1. The quantitative estimate of drug-likeness (QED) is 0.291. The lowest BCUT2D eigenvalue weighted by Gasteiger charge is -2.18. The largest absolute Gasteiger partial charge is 0.396 e. The lowest BCUT2D eigenvalue weighted by Crippen LogP contribution is -2.16. The molecule has 0 fully saturated rings. The number of primary amides is 1. The van der Waals surface area contributed by atoms with Crippen molar-refractivity contribution in [1.82, 2.24) is 20.0 Å². The topological polar surface area (TPSA) is 139 Å². The summed E-state index contributed by atoms with van der Waals surface area (Å²) in [6, 6.07) is 8.45. The van der Waals surface area contributed by atoms with Crippen LogP contribution in [0.3, 0.4) is 0 Å². The summed E-state index contributed by atoms with van der Waals surface area (Å²) in [5, 5.41) is 30.3. The van der Waals surface area contributed by atoms with Crippen LogP contribution in [0.5, 0.6) is 0 Å². The maximum atomic E-state index is 14.9. The maximum Gasteiger partial charge on any atom is 0.251 e. The summed E-state index contributed by atoms with van der Waals surface area (Å²) in [6.07, 6.45) is 1.98. The van der Waals surface area contributed by atoms with Crippen molar-refractivity contribution in [3.05, 3.63) is 71.1 Å².